The van der Waals surface area contributed by atoms with Gasteiger partial charge in [0.05, 0.1) is 11.1 Å². The average Bonchev–Trinajstić information content (AvgIpc) is 3.17. The van der Waals surface area contributed by atoms with E-state index in [-0.39, 0.29) is 56.0 Å². The maximum absolute atomic E-state index is 13.6. The van der Waals surface area contributed by atoms with Crippen molar-refractivity contribution < 1.29 is 19.2 Å². The molecule has 1 atom stereocenters. The Hall–Kier alpha value is -3.68. The van der Waals surface area contributed by atoms with Crippen LogP contribution in [0.15, 0.2) is 72.8 Å². The summed E-state index contributed by atoms with van der Waals surface area (Å²) < 4.78 is 0. The van der Waals surface area contributed by atoms with Crippen LogP contribution in [0.4, 0.5) is 0 Å². The molecule has 0 bridgehead atoms. The predicted molar refractivity (Wildman–Crippen MR) is 146 cm³/mol. The summed E-state index contributed by atoms with van der Waals surface area (Å²) in [6, 6.07) is 20.3. The largest absolute Gasteiger partial charge is 0.357 e. The van der Waals surface area contributed by atoms with Crippen molar-refractivity contribution in [3.8, 4) is 0 Å². The van der Waals surface area contributed by atoms with Crippen molar-refractivity contribution in [2.45, 2.75) is 31.8 Å². The molecule has 0 aliphatic carbocycles. The Morgan fingerprint density at radius 3 is 2.03 bits per heavy atom. The number of carbonyl (C=O) groups excluding carboxylic acids is 4. The smallest absolute Gasteiger partial charge is 0.261 e. The SMILES string of the molecule is CNC(=O)[C@H](Cc1ccccc1)N(Cc1c(Cl)cccc1Cl)C(=O)CCCN1C(=O)c2ccccc2C1=O. The van der Waals surface area contributed by atoms with Gasteiger partial charge >= 0.3 is 0 Å². The highest BCUT2D eigenvalue weighted by Crippen LogP contribution is 2.28. The summed E-state index contributed by atoms with van der Waals surface area (Å²) >= 11 is 12.8. The predicted octanol–water partition coefficient (Wildman–Crippen LogP) is 4.76. The van der Waals surface area contributed by atoms with Crippen molar-refractivity contribution >= 4 is 46.8 Å². The second-order valence-corrected chi connectivity index (χ2v) is 9.77. The van der Waals surface area contributed by atoms with Gasteiger partial charge in [-0.05, 0) is 36.2 Å². The van der Waals surface area contributed by atoms with Crippen LogP contribution in [0, 0.1) is 0 Å². The Bertz CT molecular complexity index is 1310. The van der Waals surface area contributed by atoms with Crippen LogP contribution < -0.4 is 5.32 Å². The maximum atomic E-state index is 13.6. The summed E-state index contributed by atoms with van der Waals surface area (Å²) in [5.41, 5.74) is 2.14. The molecular formula is C29H27Cl2N3O4. The first-order valence-corrected chi connectivity index (χ1v) is 13.0. The highest BCUT2D eigenvalue weighted by atomic mass is 35.5. The molecule has 3 aromatic carbocycles. The Labute approximate surface area is 231 Å². The Morgan fingerprint density at radius 1 is 0.868 bits per heavy atom. The molecule has 0 aromatic heterocycles. The molecule has 196 valence electrons. The van der Waals surface area contributed by atoms with Gasteiger partial charge in [0.15, 0.2) is 0 Å². The zero-order valence-corrected chi connectivity index (χ0v) is 22.3. The molecule has 0 radical (unpaired) electrons. The topological polar surface area (TPSA) is 86.8 Å². The minimum Gasteiger partial charge on any atom is -0.357 e. The second-order valence-electron chi connectivity index (χ2n) is 8.95. The third-order valence-corrected chi connectivity index (χ3v) is 7.27. The fourth-order valence-corrected chi connectivity index (χ4v) is 5.07. The van der Waals surface area contributed by atoms with Crippen molar-refractivity contribution in [3.63, 3.8) is 0 Å². The van der Waals surface area contributed by atoms with Gasteiger partial charge in [-0.2, -0.15) is 0 Å². The first-order chi connectivity index (χ1) is 18.3. The number of halogens is 2. The molecule has 1 aliphatic heterocycles. The Balaban J connectivity index is 1.55. The van der Waals surface area contributed by atoms with Crippen LogP contribution in [0.1, 0.15) is 44.7 Å². The number of rotatable bonds is 10. The van der Waals surface area contributed by atoms with E-state index in [1.165, 1.54) is 11.9 Å². The van der Waals surface area contributed by atoms with Gasteiger partial charge in [0.1, 0.15) is 6.04 Å². The average molecular weight is 552 g/mol. The van der Waals surface area contributed by atoms with Gasteiger partial charge in [0.2, 0.25) is 11.8 Å². The minimum absolute atomic E-state index is 0.0117. The van der Waals surface area contributed by atoms with Gasteiger partial charge in [-0.3, -0.25) is 24.1 Å². The molecular weight excluding hydrogens is 525 g/mol. The monoisotopic (exact) mass is 551 g/mol. The van der Waals surface area contributed by atoms with Gasteiger partial charge in [0.25, 0.3) is 11.8 Å². The second kappa shape index (κ2) is 12.2. The molecule has 0 fully saturated rings. The first-order valence-electron chi connectivity index (χ1n) is 12.2. The van der Waals surface area contributed by atoms with Crippen LogP contribution in [0.3, 0.4) is 0 Å². The van der Waals surface area contributed by atoms with E-state index < -0.39 is 6.04 Å². The van der Waals surface area contributed by atoms with E-state index in [4.69, 9.17) is 23.2 Å². The lowest BCUT2D eigenvalue weighted by atomic mass is 10.0. The molecule has 1 N–H and O–H groups in total. The Morgan fingerprint density at radius 2 is 1.45 bits per heavy atom. The number of hydrogen-bond acceptors (Lipinski definition) is 4. The van der Waals surface area contributed by atoms with Crippen LogP contribution in [-0.2, 0) is 22.6 Å². The van der Waals surface area contributed by atoms with E-state index >= 15 is 0 Å². The Kier molecular flexibility index (Phi) is 8.81. The normalized spacial score (nSPS) is 13.3. The number of nitrogens with one attached hydrogen (secondary N) is 1. The number of benzene rings is 3. The number of carbonyl (C=O) groups is 4. The number of fused-ring (bicyclic) bond motifs is 1. The molecule has 0 unspecified atom stereocenters. The molecule has 3 aromatic rings. The fourth-order valence-electron chi connectivity index (χ4n) is 4.55. The number of imide groups is 1. The first kappa shape index (κ1) is 27.4. The van der Waals surface area contributed by atoms with Gasteiger partial charge in [-0.1, -0.05) is 71.7 Å². The molecule has 9 heteroatoms. The highest BCUT2D eigenvalue weighted by molar-refractivity contribution is 6.36. The van der Waals surface area contributed by atoms with Crippen LogP contribution in [0.5, 0.6) is 0 Å². The summed E-state index contributed by atoms with van der Waals surface area (Å²) in [5.74, 6) is -1.39. The van der Waals surface area contributed by atoms with Crippen LogP contribution in [0.2, 0.25) is 10.0 Å². The van der Waals surface area contributed by atoms with E-state index in [0.29, 0.717) is 26.7 Å². The van der Waals surface area contributed by atoms with Gasteiger partial charge in [-0.25, -0.2) is 0 Å². The van der Waals surface area contributed by atoms with Gasteiger partial charge < -0.3 is 10.2 Å². The van der Waals surface area contributed by atoms with Crippen molar-refractivity contribution in [1.82, 2.24) is 15.1 Å². The van der Waals surface area contributed by atoms with Crippen molar-refractivity contribution in [2.75, 3.05) is 13.6 Å². The fraction of sp³-hybridized carbons (Fsp3) is 0.241. The lowest BCUT2D eigenvalue weighted by Gasteiger charge is -2.32. The van der Waals surface area contributed by atoms with Crippen LogP contribution in [-0.4, -0.2) is 53.1 Å². The number of nitrogens with zero attached hydrogens (tertiary/aromatic N) is 2. The summed E-state index contributed by atoms with van der Waals surface area (Å²) in [4.78, 5) is 54.7. The number of likely N-dealkylation sites (N-methyl/N-ethyl adjacent to an activating group) is 1. The quantitative estimate of drug-likeness (QED) is 0.368. The molecule has 0 saturated heterocycles. The van der Waals surface area contributed by atoms with E-state index in [0.717, 1.165) is 10.5 Å². The molecule has 1 aliphatic rings. The maximum Gasteiger partial charge on any atom is 0.261 e. The van der Waals surface area contributed by atoms with Gasteiger partial charge in [-0.15, -0.1) is 0 Å². The molecule has 38 heavy (non-hydrogen) atoms. The standard InChI is InChI=1S/C29H27Cl2N3O4/c1-32-27(36)25(17-19-9-3-2-4-10-19)34(18-22-23(30)13-7-14-24(22)31)26(35)15-8-16-33-28(37)20-11-5-6-12-21(20)29(33)38/h2-7,9-14,25H,8,15-18H2,1H3,(H,32,36)/t25-/m0/s1. The lowest BCUT2D eigenvalue weighted by Crippen LogP contribution is -2.50. The van der Waals surface area contributed by atoms with Gasteiger partial charge in [0, 0.05) is 48.6 Å². The molecule has 7 nitrogen and oxygen atoms in total. The number of hydrogen-bond donors (Lipinski definition) is 1. The zero-order valence-electron chi connectivity index (χ0n) is 20.8. The summed E-state index contributed by atoms with van der Waals surface area (Å²) in [6.07, 6.45) is 0.535. The number of amides is 4. The summed E-state index contributed by atoms with van der Waals surface area (Å²) in [5, 5.41) is 3.43. The molecule has 1 heterocycles. The van der Waals surface area contributed by atoms with Crippen molar-refractivity contribution in [2.24, 2.45) is 0 Å². The van der Waals surface area contributed by atoms with Crippen LogP contribution >= 0.6 is 23.2 Å². The minimum atomic E-state index is -0.832. The van der Waals surface area contributed by atoms with Crippen molar-refractivity contribution in [3.05, 3.63) is 105 Å². The molecule has 4 rings (SSSR count). The third-order valence-electron chi connectivity index (χ3n) is 6.56. The summed E-state index contributed by atoms with van der Waals surface area (Å²) in [6.45, 7) is 0.109. The zero-order chi connectivity index (χ0) is 27.2. The van der Waals surface area contributed by atoms with E-state index in [1.807, 2.05) is 30.3 Å². The van der Waals surface area contributed by atoms with E-state index in [1.54, 1.807) is 42.5 Å². The molecule has 0 saturated carbocycles. The third kappa shape index (κ3) is 5.90. The lowest BCUT2D eigenvalue weighted by molar-refractivity contribution is -0.141. The summed E-state index contributed by atoms with van der Waals surface area (Å²) in [7, 11) is 1.52. The highest BCUT2D eigenvalue weighted by Gasteiger charge is 2.35. The van der Waals surface area contributed by atoms with E-state index in [2.05, 4.69) is 5.32 Å². The van der Waals surface area contributed by atoms with E-state index in [9.17, 15) is 19.2 Å². The van der Waals surface area contributed by atoms with Crippen LogP contribution in [0.25, 0.3) is 0 Å². The molecule has 4 amide bonds. The van der Waals surface area contributed by atoms with Crippen molar-refractivity contribution in [1.29, 1.82) is 0 Å². The molecule has 0 spiro atoms.